The molecule has 0 aromatic heterocycles. The van der Waals surface area contributed by atoms with Gasteiger partial charge in [0.2, 0.25) is 0 Å². The Bertz CT molecular complexity index is 97.1. The number of hydrogen-bond donors (Lipinski definition) is 0. The van der Waals surface area contributed by atoms with E-state index in [0.717, 1.165) is 17.1 Å². The molecule has 0 aromatic rings. The molecule has 0 N–H and O–H groups in total. The summed E-state index contributed by atoms with van der Waals surface area (Å²) >= 11 is 2.44. The molecule has 9 heavy (non-hydrogen) atoms. The molecule has 1 heterocycles. The van der Waals surface area contributed by atoms with E-state index in [-0.39, 0.29) is 0 Å². The number of likely N-dealkylation sites (N-methyl/N-ethyl adjacent to an activating group) is 1. The van der Waals surface area contributed by atoms with Crippen LogP contribution in [0, 0.1) is 0 Å². The molecule has 0 radical (unpaired) electrons. The molecule has 0 bridgehead atoms. The molecule has 1 aliphatic heterocycles. The standard InChI is InChI=1S/C6H12INO/c1-8(2)3-6-5(7)4-9-6/h5-6H,3-4H2,1-2H3. The number of nitrogens with zero attached hydrogens (tertiary/aromatic N) is 1. The minimum Gasteiger partial charge on any atom is -0.375 e. The molecule has 0 aliphatic carbocycles. The summed E-state index contributed by atoms with van der Waals surface area (Å²) in [6, 6.07) is 0. The summed E-state index contributed by atoms with van der Waals surface area (Å²) in [7, 11) is 4.15. The van der Waals surface area contributed by atoms with Crippen LogP contribution in [0.15, 0.2) is 0 Å². The van der Waals surface area contributed by atoms with Gasteiger partial charge >= 0.3 is 0 Å². The third-order valence-electron chi connectivity index (χ3n) is 1.42. The average molecular weight is 241 g/mol. The monoisotopic (exact) mass is 241 g/mol. The normalized spacial score (nSPS) is 34.7. The first-order valence-electron chi connectivity index (χ1n) is 3.10. The van der Waals surface area contributed by atoms with Crippen molar-refractivity contribution >= 4 is 22.6 Å². The molecular weight excluding hydrogens is 229 g/mol. The largest absolute Gasteiger partial charge is 0.375 e. The average Bonchev–Trinajstić information content (AvgIpc) is 1.79. The number of ether oxygens (including phenoxy) is 1. The Kier molecular flexibility index (Phi) is 2.73. The Morgan fingerprint density at radius 3 is 2.44 bits per heavy atom. The van der Waals surface area contributed by atoms with Crippen LogP contribution in [0.5, 0.6) is 0 Å². The lowest BCUT2D eigenvalue weighted by Gasteiger charge is -2.34. The van der Waals surface area contributed by atoms with Crippen LogP contribution in [0.4, 0.5) is 0 Å². The van der Waals surface area contributed by atoms with Crippen molar-refractivity contribution in [2.45, 2.75) is 10.0 Å². The third-order valence-corrected chi connectivity index (χ3v) is 2.58. The van der Waals surface area contributed by atoms with Crippen LogP contribution in [0.1, 0.15) is 0 Å². The van der Waals surface area contributed by atoms with Gasteiger partial charge in [-0.15, -0.1) is 0 Å². The van der Waals surface area contributed by atoms with E-state index >= 15 is 0 Å². The maximum Gasteiger partial charge on any atom is 0.0841 e. The van der Waals surface area contributed by atoms with Crippen molar-refractivity contribution in [1.82, 2.24) is 4.90 Å². The Morgan fingerprint density at radius 2 is 2.33 bits per heavy atom. The quantitative estimate of drug-likeness (QED) is 0.522. The van der Waals surface area contributed by atoms with E-state index in [1.807, 2.05) is 0 Å². The highest BCUT2D eigenvalue weighted by atomic mass is 127. The summed E-state index contributed by atoms with van der Waals surface area (Å²) in [5.74, 6) is 0. The van der Waals surface area contributed by atoms with Crippen molar-refractivity contribution in [2.24, 2.45) is 0 Å². The third kappa shape index (κ3) is 2.05. The zero-order valence-electron chi connectivity index (χ0n) is 5.80. The van der Waals surface area contributed by atoms with Gasteiger partial charge in [0.15, 0.2) is 0 Å². The number of hydrogen-bond acceptors (Lipinski definition) is 2. The highest BCUT2D eigenvalue weighted by molar-refractivity contribution is 14.1. The summed E-state index contributed by atoms with van der Waals surface area (Å²) in [6.45, 7) is 2.01. The molecule has 3 heteroatoms. The lowest BCUT2D eigenvalue weighted by atomic mass is 10.2. The second-order valence-electron chi connectivity index (χ2n) is 2.65. The van der Waals surface area contributed by atoms with E-state index < -0.39 is 0 Å². The van der Waals surface area contributed by atoms with E-state index in [9.17, 15) is 0 Å². The van der Waals surface area contributed by atoms with Gasteiger partial charge in [-0.1, -0.05) is 22.6 Å². The fourth-order valence-electron chi connectivity index (χ4n) is 0.832. The van der Waals surface area contributed by atoms with Crippen molar-refractivity contribution in [2.75, 3.05) is 27.2 Å². The zero-order valence-corrected chi connectivity index (χ0v) is 7.96. The van der Waals surface area contributed by atoms with Gasteiger partial charge in [0.05, 0.1) is 16.6 Å². The van der Waals surface area contributed by atoms with Gasteiger partial charge in [-0.3, -0.25) is 0 Å². The molecule has 0 spiro atoms. The molecule has 0 aromatic carbocycles. The second-order valence-corrected chi connectivity index (χ2v) is 4.25. The van der Waals surface area contributed by atoms with Crippen LogP contribution in [-0.2, 0) is 4.74 Å². The van der Waals surface area contributed by atoms with Crippen molar-refractivity contribution in [1.29, 1.82) is 0 Å². The first-order valence-corrected chi connectivity index (χ1v) is 4.35. The van der Waals surface area contributed by atoms with Gasteiger partial charge in [-0.05, 0) is 14.1 Å². The maximum absolute atomic E-state index is 5.30. The molecule has 1 aliphatic rings. The van der Waals surface area contributed by atoms with Gasteiger partial charge in [-0.2, -0.15) is 0 Å². The Hall–Kier alpha value is 0.650. The molecular formula is C6H12INO. The van der Waals surface area contributed by atoms with E-state index in [0.29, 0.717) is 6.10 Å². The summed E-state index contributed by atoms with van der Waals surface area (Å²) in [6.07, 6.45) is 0.487. The van der Waals surface area contributed by atoms with Gasteiger partial charge in [-0.25, -0.2) is 0 Å². The van der Waals surface area contributed by atoms with Gasteiger partial charge in [0.1, 0.15) is 0 Å². The SMILES string of the molecule is CN(C)CC1OCC1I. The minimum absolute atomic E-state index is 0.487. The molecule has 1 saturated heterocycles. The lowest BCUT2D eigenvalue weighted by Crippen LogP contribution is -2.46. The first-order chi connectivity index (χ1) is 4.20. The van der Waals surface area contributed by atoms with Crippen molar-refractivity contribution in [3.63, 3.8) is 0 Å². The fourth-order valence-corrected chi connectivity index (χ4v) is 1.47. The van der Waals surface area contributed by atoms with Crippen LogP contribution in [0.25, 0.3) is 0 Å². The fraction of sp³-hybridized carbons (Fsp3) is 1.00. The van der Waals surface area contributed by atoms with E-state index in [1.165, 1.54) is 0 Å². The Balaban J connectivity index is 2.13. The molecule has 2 atom stereocenters. The molecule has 2 unspecified atom stereocenters. The number of rotatable bonds is 2. The van der Waals surface area contributed by atoms with Gasteiger partial charge < -0.3 is 9.64 Å². The smallest absolute Gasteiger partial charge is 0.0841 e. The van der Waals surface area contributed by atoms with Crippen LogP contribution in [-0.4, -0.2) is 42.2 Å². The summed E-state index contributed by atoms with van der Waals surface area (Å²) in [4.78, 5) is 2.16. The van der Waals surface area contributed by atoms with E-state index in [2.05, 4.69) is 41.6 Å². The molecule has 2 nitrogen and oxygen atoms in total. The highest BCUT2D eigenvalue weighted by Gasteiger charge is 2.29. The van der Waals surface area contributed by atoms with Crippen LogP contribution in [0.2, 0.25) is 0 Å². The van der Waals surface area contributed by atoms with Crippen LogP contribution < -0.4 is 0 Å². The van der Waals surface area contributed by atoms with E-state index in [1.54, 1.807) is 0 Å². The predicted molar refractivity (Wildman–Crippen MR) is 46.1 cm³/mol. The van der Waals surface area contributed by atoms with Crippen LogP contribution in [0.3, 0.4) is 0 Å². The van der Waals surface area contributed by atoms with Crippen LogP contribution >= 0.6 is 22.6 Å². The molecule has 54 valence electrons. The van der Waals surface area contributed by atoms with Crippen molar-refractivity contribution < 1.29 is 4.74 Å². The van der Waals surface area contributed by atoms with Crippen molar-refractivity contribution in [3.05, 3.63) is 0 Å². The zero-order chi connectivity index (χ0) is 6.85. The predicted octanol–water partition coefficient (Wildman–Crippen LogP) is 0.750. The summed E-state index contributed by atoms with van der Waals surface area (Å²) in [5.41, 5.74) is 0. The maximum atomic E-state index is 5.30. The molecule has 0 amide bonds. The second kappa shape index (κ2) is 3.16. The summed E-state index contributed by atoms with van der Waals surface area (Å²) in [5, 5.41) is 0. The first kappa shape index (κ1) is 7.75. The molecule has 1 rings (SSSR count). The highest BCUT2D eigenvalue weighted by Crippen LogP contribution is 2.21. The van der Waals surface area contributed by atoms with Crippen molar-refractivity contribution in [3.8, 4) is 0 Å². The van der Waals surface area contributed by atoms with Gasteiger partial charge in [0.25, 0.3) is 0 Å². The Labute approximate surface area is 69.7 Å². The molecule has 0 saturated carbocycles. The van der Waals surface area contributed by atoms with E-state index in [4.69, 9.17) is 4.74 Å². The topological polar surface area (TPSA) is 12.5 Å². The lowest BCUT2D eigenvalue weighted by molar-refractivity contribution is -0.0465. The van der Waals surface area contributed by atoms with Gasteiger partial charge in [0, 0.05) is 6.54 Å². The Morgan fingerprint density at radius 1 is 1.67 bits per heavy atom. The number of alkyl halides is 1. The summed E-state index contributed by atoms with van der Waals surface area (Å²) < 4.78 is 6.05. The molecule has 1 fully saturated rings. The minimum atomic E-state index is 0.487. The number of halogens is 1.